The quantitative estimate of drug-likeness (QED) is 0.145. The van der Waals surface area contributed by atoms with Gasteiger partial charge >= 0.3 is 5.97 Å². The lowest BCUT2D eigenvalue weighted by molar-refractivity contribution is -0.129. The van der Waals surface area contributed by atoms with E-state index in [9.17, 15) is 4.79 Å². The molecule has 0 bridgehead atoms. The number of aliphatic imine (C=N–C) groups is 1. The fourth-order valence-corrected chi connectivity index (χ4v) is 4.56. The van der Waals surface area contributed by atoms with Crippen molar-refractivity contribution in [3.63, 3.8) is 0 Å². The number of cyclic esters (lactones) is 1. The van der Waals surface area contributed by atoms with Gasteiger partial charge in [-0.2, -0.15) is 0 Å². The SMILES string of the molecule is CCOc1cc(/C=C2\N=C(c3ccc(C(C)C)cc3)OC2=O)cc(I)c1OCc1ccc(Br)cc1. The van der Waals surface area contributed by atoms with Gasteiger partial charge in [0, 0.05) is 10.0 Å². The molecule has 7 heteroatoms. The highest BCUT2D eigenvalue weighted by Crippen LogP contribution is 2.36. The van der Waals surface area contributed by atoms with Crippen LogP contribution < -0.4 is 9.47 Å². The number of hydrogen-bond donors (Lipinski definition) is 0. The monoisotopic (exact) mass is 645 g/mol. The smallest absolute Gasteiger partial charge is 0.363 e. The Kier molecular flexibility index (Phi) is 8.28. The number of hydrogen-bond acceptors (Lipinski definition) is 5. The molecule has 1 heterocycles. The lowest BCUT2D eigenvalue weighted by Gasteiger charge is -2.15. The second-order valence-corrected chi connectivity index (χ2v) is 10.4. The zero-order valence-corrected chi connectivity index (χ0v) is 23.4. The van der Waals surface area contributed by atoms with Crippen LogP contribution in [-0.2, 0) is 16.1 Å². The lowest BCUT2D eigenvalue weighted by Crippen LogP contribution is -2.05. The molecule has 1 aliphatic heterocycles. The standard InChI is InChI=1S/C28H25BrINO4/c1-4-33-25-15-19(13-23(30)26(25)34-16-18-5-11-22(29)12-6-18)14-24-28(32)35-27(31-24)21-9-7-20(8-10-21)17(2)3/h5-15,17H,4,16H2,1-3H3/b24-14-. The minimum atomic E-state index is -0.475. The minimum Gasteiger partial charge on any atom is -0.490 e. The zero-order valence-electron chi connectivity index (χ0n) is 19.7. The second-order valence-electron chi connectivity index (χ2n) is 8.29. The van der Waals surface area contributed by atoms with Gasteiger partial charge in [0.25, 0.3) is 0 Å². The van der Waals surface area contributed by atoms with Crippen molar-refractivity contribution in [1.82, 2.24) is 0 Å². The average molecular weight is 646 g/mol. The Hall–Kier alpha value is -2.65. The molecular formula is C28H25BrINO4. The number of carbonyl (C=O) groups excluding carboxylic acids is 1. The number of carbonyl (C=O) groups is 1. The van der Waals surface area contributed by atoms with Crippen LogP contribution in [0.25, 0.3) is 6.08 Å². The molecule has 0 saturated carbocycles. The molecule has 4 rings (SSSR count). The molecule has 3 aromatic carbocycles. The normalized spacial score (nSPS) is 14.3. The van der Waals surface area contributed by atoms with Gasteiger partial charge in [-0.25, -0.2) is 9.79 Å². The Morgan fingerprint density at radius 3 is 2.43 bits per heavy atom. The number of esters is 1. The summed E-state index contributed by atoms with van der Waals surface area (Å²) in [7, 11) is 0. The molecule has 0 aliphatic carbocycles. The summed E-state index contributed by atoms with van der Waals surface area (Å²) in [6.45, 7) is 7.10. The minimum absolute atomic E-state index is 0.245. The van der Waals surface area contributed by atoms with E-state index in [1.165, 1.54) is 5.56 Å². The third-order valence-corrected chi connectivity index (χ3v) is 6.71. The van der Waals surface area contributed by atoms with E-state index < -0.39 is 5.97 Å². The molecular weight excluding hydrogens is 621 g/mol. The van der Waals surface area contributed by atoms with Gasteiger partial charge in [0.2, 0.25) is 5.90 Å². The third kappa shape index (κ3) is 6.32. The van der Waals surface area contributed by atoms with E-state index >= 15 is 0 Å². The van der Waals surface area contributed by atoms with Crippen LogP contribution in [0.15, 0.2) is 75.8 Å². The Bertz CT molecular complexity index is 1280. The first-order valence-electron chi connectivity index (χ1n) is 11.3. The zero-order chi connectivity index (χ0) is 24.9. The molecule has 0 fully saturated rings. The van der Waals surface area contributed by atoms with E-state index in [0.717, 1.165) is 24.7 Å². The molecule has 0 unspecified atom stereocenters. The molecule has 3 aromatic rings. The van der Waals surface area contributed by atoms with E-state index in [-0.39, 0.29) is 5.70 Å². The third-order valence-electron chi connectivity index (χ3n) is 5.38. The van der Waals surface area contributed by atoms with E-state index in [1.54, 1.807) is 6.08 Å². The summed E-state index contributed by atoms with van der Waals surface area (Å²) in [5.74, 6) is 1.54. The largest absolute Gasteiger partial charge is 0.490 e. The maximum atomic E-state index is 12.5. The summed E-state index contributed by atoms with van der Waals surface area (Å²) in [4.78, 5) is 17.0. The predicted octanol–water partition coefficient (Wildman–Crippen LogP) is 7.50. The Labute approximate surface area is 227 Å². The van der Waals surface area contributed by atoms with Crippen LogP contribution in [0.2, 0.25) is 0 Å². The van der Waals surface area contributed by atoms with Gasteiger partial charge in [-0.05, 0) is 94.6 Å². The van der Waals surface area contributed by atoms with Crippen LogP contribution in [0.1, 0.15) is 48.9 Å². The van der Waals surface area contributed by atoms with Crippen LogP contribution in [0.4, 0.5) is 0 Å². The van der Waals surface area contributed by atoms with E-state index in [0.29, 0.717) is 36.5 Å². The number of ether oxygens (including phenoxy) is 3. The maximum Gasteiger partial charge on any atom is 0.363 e. The lowest BCUT2D eigenvalue weighted by atomic mass is 10.0. The van der Waals surface area contributed by atoms with Gasteiger partial charge in [-0.15, -0.1) is 0 Å². The number of benzene rings is 3. The van der Waals surface area contributed by atoms with Crippen molar-refractivity contribution < 1.29 is 19.0 Å². The Morgan fingerprint density at radius 1 is 1.06 bits per heavy atom. The number of halogens is 2. The van der Waals surface area contributed by atoms with E-state index in [4.69, 9.17) is 14.2 Å². The number of nitrogens with zero attached hydrogens (tertiary/aromatic N) is 1. The van der Waals surface area contributed by atoms with E-state index in [1.807, 2.05) is 67.6 Å². The van der Waals surface area contributed by atoms with Gasteiger partial charge in [-0.1, -0.05) is 54.0 Å². The summed E-state index contributed by atoms with van der Waals surface area (Å²) in [5, 5.41) is 0. The first-order chi connectivity index (χ1) is 16.8. The van der Waals surface area contributed by atoms with Crippen molar-refractivity contribution >= 4 is 56.5 Å². The predicted molar refractivity (Wildman–Crippen MR) is 150 cm³/mol. The Morgan fingerprint density at radius 2 is 1.77 bits per heavy atom. The topological polar surface area (TPSA) is 57.1 Å². The summed E-state index contributed by atoms with van der Waals surface area (Å²) in [6.07, 6.45) is 1.71. The molecule has 1 aliphatic rings. The molecule has 0 saturated heterocycles. The summed E-state index contributed by atoms with van der Waals surface area (Å²) < 4.78 is 19.3. The molecule has 5 nitrogen and oxygen atoms in total. The van der Waals surface area contributed by atoms with Crippen LogP contribution in [-0.4, -0.2) is 18.5 Å². The molecule has 0 atom stereocenters. The van der Waals surface area contributed by atoms with Crippen LogP contribution >= 0.6 is 38.5 Å². The van der Waals surface area contributed by atoms with Crippen LogP contribution in [0, 0.1) is 3.57 Å². The maximum absolute atomic E-state index is 12.5. The molecule has 0 radical (unpaired) electrons. The van der Waals surface area contributed by atoms with Crippen molar-refractivity contribution in [2.45, 2.75) is 33.3 Å². The van der Waals surface area contributed by atoms with Crippen LogP contribution in [0.3, 0.4) is 0 Å². The average Bonchev–Trinajstić information content (AvgIpc) is 3.20. The van der Waals surface area contributed by atoms with Crippen molar-refractivity contribution in [2.24, 2.45) is 4.99 Å². The van der Waals surface area contributed by atoms with Gasteiger partial charge in [-0.3, -0.25) is 0 Å². The van der Waals surface area contributed by atoms with E-state index in [2.05, 4.69) is 57.4 Å². The highest BCUT2D eigenvalue weighted by molar-refractivity contribution is 14.1. The van der Waals surface area contributed by atoms with Crippen molar-refractivity contribution in [1.29, 1.82) is 0 Å². The summed E-state index contributed by atoms with van der Waals surface area (Å²) in [6, 6.07) is 19.7. The van der Waals surface area contributed by atoms with Gasteiger partial charge in [0.1, 0.15) is 6.61 Å². The fourth-order valence-electron chi connectivity index (χ4n) is 3.51. The first kappa shape index (κ1) is 25.4. The second kappa shape index (κ2) is 11.4. The summed E-state index contributed by atoms with van der Waals surface area (Å²) >= 11 is 5.67. The molecule has 0 N–H and O–H groups in total. The highest BCUT2D eigenvalue weighted by atomic mass is 127. The Balaban J connectivity index is 1.58. The van der Waals surface area contributed by atoms with Crippen LogP contribution in [0.5, 0.6) is 11.5 Å². The van der Waals surface area contributed by atoms with Gasteiger partial charge < -0.3 is 14.2 Å². The van der Waals surface area contributed by atoms with Gasteiger partial charge in [0.05, 0.1) is 10.2 Å². The molecule has 180 valence electrons. The summed E-state index contributed by atoms with van der Waals surface area (Å²) in [5.41, 5.74) is 4.06. The van der Waals surface area contributed by atoms with Crippen molar-refractivity contribution in [3.05, 3.63) is 96.7 Å². The van der Waals surface area contributed by atoms with Crippen molar-refractivity contribution in [2.75, 3.05) is 6.61 Å². The molecule has 0 aromatic heterocycles. The highest BCUT2D eigenvalue weighted by Gasteiger charge is 2.24. The van der Waals surface area contributed by atoms with Crippen molar-refractivity contribution in [3.8, 4) is 11.5 Å². The van der Waals surface area contributed by atoms with Gasteiger partial charge in [0.15, 0.2) is 17.2 Å². The molecule has 35 heavy (non-hydrogen) atoms. The fraction of sp³-hybridized carbons (Fsp3) is 0.214. The molecule has 0 spiro atoms. The first-order valence-corrected chi connectivity index (χ1v) is 13.2. The number of rotatable bonds is 8. The molecule has 0 amide bonds.